The molecule has 0 atom stereocenters. The Morgan fingerprint density at radius 2 is 1.47 bits per heavy atom. The number of alkyl halides is 6. The van der Waals surface area contributed by atoms with Gasteiger partial charge in [-0.15, -0.1) is 0 Å². The van der Waals surface area contributed by atoms with Crippen molar-refractivity contribution >= 4 is 5.69 Å². The number of nitrogen functional groups attached to an aromatic ring is 1. The lowest BCUT2D eigenvalue weighted by atomic mass is 9.93. The first-order valence-corrected chi connectivity index (χ1v) is 4.07. The van der Waals surface area contributed by atoms with Crippen LogP contribution in [0, 0.1) is 0 Å². The molecule has 96 valence electrons. The summed E-state index contributed by atoms with van der Waals surface area (Å²) in [7, 11) is 0. The maximum absolute atomic E-state index is 12.4. The second-order valence-corrected chi connectivity index (χ2v) is 3.21. The lowest BCUT2D eigenvalue weighted by molar-refractivity contribution is -0.376. The molecule has 17 heavy (non-hydrogen) atoms. The largest absolute Gasteiger partial charge is 0.430 e. The second-order valence-electron chi connectivity index (χ2n) is 3.21. The van der Waals surface area contributed by atoms with Crippen molar-refractivity contribution < 1.29 is 31.4 Å². The molecule has 1 aromatic rings. The number of aromatic nitrogens is 1. The van der Waals surface area contributed by atoms with E-state index >= 15 is 0 Å². The van der Waals surface area contributed by atoms with Gasteiger partial charge in [-0.05, 0) is 6.07 Å². The zero-order valence-corrected chi connectivity index (χ0v) is 7.97. The summed E-state index contributed by atoms with van der Waals surface area (Å²) < 4.78 is 74.3. The van der Waals surface area contributed by atoms with Crippen LogP contribution in [0.2, 0.25) is 0 Å². The Labute approximate surface area is 90.9 Å². The topological polar surface area (TPSA) is 59.1 Å². The van der Waals surface area contributed by atoms with E-state index in [1.165, 1.54) is 0 Å². The van der Waals surface area contributed by atoms with Crippen molar-refractivity contribution in [3.05, 3.63) is 24.0 Å². The summed E-state index contributed by atoms with van der Waals surface area (Å²) in [5.41, 5.74) is -1.85. The molecule has 0 bridgehead atoms. The van der Waals surface area contributed by atoms with E-state index in [1.54, 1.807) is 0 Å². The van der Waals surface area contributed by atoms with Crippen LogP contribution in [0.4, 0.5) is 32.0 Å². The zero-order valence-electron chi connectivity index (χ0n) is 7.97. The fourth-order valence-corrected chi connectivity index (χ4v) is 1.14. The van der Waals surface area contributed by atoms with Gasteiger partial charge in [0.15, 0.2) is 0 Å². The smallest absolute Gasteiger partial charge is 0.397 e. The Hall–Kier alpha value is -1.51. The maximum atomic E-state index is 12.4. The number of rotatable bonds is 1. The van der Waals surface area contributed by atoms with E-state index in [-0.39, 0.29) is 6.20 Å². The molecule has 1 aromatic heterocycles. The van der Waals surface area contributed by atoms with Gasteiger partial charge in [0.2, 0.25) is 0 Å². The molecule has 0 aliphatic rings. The van der Waals surface area contributed by atoms with E-state index in [1.807, 2.05) is 0 Å². The van der Waals surface area contributed by atoms with Gasteiger partial charge in [0, 0.05) is 18.0 Å². The third kappa shape index (κ3) is 2.14. The van der Waals surface area contributed by atoms with E-state index in [0.717, 1.165) is 6.20 Å². The van der Waals surface area contributed by atoms with Crippen molar-refractivity contribution in [2.24, 2.45) is 0 Å². The quantitative estimate of drug-likeness (QED) is 0.759. The Morgan fingerprint density at radius 3 is 1.82 bits per heavy atom. The molecule has 0 aromatic carbocycles. The minimum atomic E-state index is -5.93. The predicted octanol–water partition coefficient (Wildman–Crippen LogP) is 1.98. The summed E-state index contributed by atoms with van der Waals surface area (Å²) in [4.78, 5) is 3.09. The van der Waals surface area contributed by atoms with Gasteiger partial charge >= 0.3 is 12.4 Å². The molecule has 1 heterocycles. The summed E-state index contributed by atoms with van der Waals surface area (Å²) in [5, 5.41) is 8.93. The number of aliphatic hydroxyl groups is 1. The highest BCUT2D eigenvalue weighted by Crippen LogP contribution is 2.49. The maximum Gasteiger partial charge on any atom is 0.430 e. The predicted molar refractivity (Wildman–Crippen MR) is 44.7 cm³/mol. The summed E-state index contributed by atoms with van der Waals surface area (Å²) in [6.45, 7) is 0. The van der Waals surface area contributed by atoms with Crippen LogP contribution >= 0.6 is 0 Å². The van der Waals surface area contributed by atoms with Crippen LogP contribution in [-0.2, 0) is 5.60 Å². The SMILES string of the molecule is Nc1cncc(C(O)(C(F)(F)F)C(F)(F)F)c1. The molecule has 0 spiro atoms. The molecule has 0 unspecified atom stereocenters. The fraction of sp³-hybridized carbons (Fsp3) is 0.375. The van der Waals surface area contributed by atoms with Gasteiger partial charge in [0.05, 0.1) is 5.69 Å². The first kappa shape index (κ1) is 13.6. The number of hydrogen-bond donors (Lipinski definition) is 2. The van der Waals surface area contributed by atoms with Gasteiger partial charge in [-0.2, -0.15) is 26.3 Å². The highest BCUT2D eigenvalue weighted by Gasteiger charge is 2.71. The molecule has 0 aliphatic carbocycles. The Kier molecular flexibility index (Phi) is 3.00. The minimum absolute atomic E-state index is 0.261. The molecule has 0 radical (unpaired) electrons. The van der Waals surface area contributed by atoms with Gasteiger partial charge in [0.1, 0.15) is 0 Å². The third-order valence-corrected chi connectivity index (χ3v) is 2.00. The number of nitrogens with zero attached hydrogens (tertiary/aromatic N) is 1. The van der Waals surface area contributed by atoms with Gasteiger partial charge in [0.25, 0.3) is 5.60 Å². The summed E-state index contributed by atoms with van der Waals surface area (Å²) >= 11 is 0. The molecule has 0 saturated carbocycles. The first-order valence-electron chi connectivity index (χ1n) is 4.07. The molecule has 3 N–H and O–H groups in total. The van der Waals surface area contributed by atoms with E-state index in [9.17, 15) is 26.3 Å². The van der Waals surface area contributed by atoms with E-state index in [4.69, 9.17) is 10.8 Å². The lowest BCUT2D eigenvalue weighted by Gasteiger charge is -2.32. The molecule has 1 rings (SSSR count). The monoisotopic (exact) mass is 260 g/mol. The average Bonchev–Trinajstić information content (AvgIpc) is 2.12. The van der Waals surface area contributed by atoms with Crippen molar-refractivity contribution in [3.8, 4) is 0 Å². The number of hydrogen-bond acceptors (Lipinski definition) is 3. The van der Waals surface area contributed by atoms with Crippen LogP contribution in [-0.4, -0.2) is 22.4 Å². The summed E-state index contributed by atoms with van der Waals surface area (Å²) in [6.07, 6.45) is -10.7. The van der Waals surface area contributed by atoms with Crippen molar-refractivity contribution in [2.45, 2.75) is 18.0 Å². The molecule has 3 nitrogen and oxygen atoms in total. The summed E-state index contributed by atoms with van der Waals surface area (Å²) in [6, 6.07) is 0.369. The van der Waals surface area contributed by atoms with Gasteiger partial charge < -0.3 is 10.8 Å². The van der Waals surface area contributed by atoms with E-state index in [2.05, 4.69) is 4.98 Å². The van der Waals surface area contributed by atoms with Gasteiger partial charge in [-0.1, -0.05) is 0 Å². The zero-order chi connectivity index (χ0) is 13.5. The van der Waals surface area contributed by atoms with E-state index in [0.29, 0.717) is 6.07 Å². The van der Waals surface area contributed by atoms with Crippen LogP contribution < -0.4 is 5.73 Å². The lowest BCUT2D eigenvalue weighted by Crippen LogP contribution is -2.54. The fourth-order valence-electron chi connectivity index (χ4n) is 1.14. The molecular formula is C8H6F6N2O. The summed E-state index contributed by atoms with van der Waals surface area (Å²) in [5.74, 6) is 0. The standard InChI is InChI=1S/C8H6F6N2O/c9-7(10,11)6(17,8(12,13)14)4-1-5(15)3-16-2-4/h1-3,17H,15H2. The van der Waals surface area contributed by atoms with Crippen LogP contribution in [0.15, 0.2) is 18.5 Å². The molecular weight excluding hydrogens is 254 g/mol. The van der Waals surface area contributed by atoms with Crippen LogP contribution in [0.3, 0.4) is 0 Å². The highest BCUT2D eigenvalue weighted by molar-refractivity contribution is 5.40. The van der Waals surface area contributed by atoms with Crippen molar-refractivity contribution in [1.82, 2.24) is 4.98 Å². The molecule has 0 aliphatic heterocycles. The van der Waals surface area contributed by atoms with Crippen LogP contribution in [0.5, 0.6) is 0 Å². The van der Waals surface area contributed by atoms with Gasteiger partial charge in [-0.3, -0.25) is 4.98 Å². The Bertz CT molecular complexity index is 399. The van der Waals surface area contributed by atoms with E-state index < -0.39 is 29.2 Å². The minimum Gasteiger partial charge on any atom is -0.397 e. The normalized spacial score (nSPS) is 13.8. The van der Waals surface area contributed by atoms with Gasteiger partial charge in [-0.25, -0.2) is 0 Å². The molecule has 0 amide bonds. The highest BCUT2D eigenvalue weighted by atomic mass is 19.4. The van der Waals surface area contributed by atoms with Crippen LogP contribution in [0.1, 0.15) is 5.56 Å². The van der Waals surface area contributed by atoms with Crippen molar-refractivity contribution in [2.75, 3.05) is 5.73 Å². The number of halogens is 6. The third-order valence-electron chi connectivity index (χ3n) is 2.00. The average molecular weight is 260 g/mol. The molecule has 0 saturated heterocycles. The Morgan fingerprint density at radius 1 is 1.00 bits per heavy atom. The number of anilines is 1. The number of nitrogens with two attached hydrogens (primary N) is 1. The molecule has 9 heteroatoms. The number of pyridine rings is 1. The Balaban J connectivity index is 3.46. The van der Waals surface area contributed by atoms with Crippen LogP contribution in [0.25, 0.3) is 0 Å². The second kappa shape index (κ2) is 3.76. The van der Waals surface area contributed by atoms with Crippen molar-refractivity contribution in [1.29, 1.82) is 0 Å². The first-order chi connectivity index (χ1) is 7.50. The van der Waals surface area contributed by atoms with Crippen molar-refractivity contribution in [3.63, 3.8) is 0 Å². The molecule has 0 fully saturated rings.